The second kappa shape index (κ2) is 7.13. The molecular weight excluding hydrogens is 337 g/mol. The average molecular weight is 356 g/mol. The largest absolute Gasteiger partial charge is 0.339 e. The molecule has 0 saturated heterocycles. The Hall–Kier alpha value is -1.27. The molecule has 0 fully saturated rings. The molecule has 2 aromatic rings. The monoisotopic (exact) mass is 355 g/mol. The number of nitrogens with one attached hydrogen (secondary N) is 1. The van der Waals surface area contributed by atoms with Crippen LogP contribution in [0.4, 0.5) is 4.39 Å². The predicted octanol–water partition coefficient (Wildman–Crippen LogP) is 4.13. The lowest BCUT2D eigenvalue weighted by Gasteiger charge is -2.17. The van der Waals surface area contributed by atoms with Gasteiger partial charge in [-0.1, -0.05) is 19.0 Å². The van der Waals surface area contributed by atoms with Crippen LogP contribution in [0.5, 0.6) is 0 Å². The van der Waals surface area contributed by atoms with Crippen molar-refractivity contribution in [2.24, 2.45) is 0 Å². The summed E-state index contributed by atoms with van der Waals surface area (Å²) in [6.07, 6.45) is 1.08. The van der Waals surface area contributed by atoms with Gasteiger partial charge < -0.3 is 9.84 Å². The van der Waals surface area contributed by atoms with Gasteiger partial charge in [-0.15, -0.1) is 0 Å². The molecule has 1 heterocycles. The Morgan fingerprint density at radius 1 is 1.38 bits per heavy atom. The Balaban J connectivity index is 2.15. The van der Waals surface area contributed by atoms with Gasteiger partial charge in [0.1, 0.15) is 5.82 Å². The molecule has 2 rings (SSSR count). The lowest BCUT2D eigenvalue weighted by molar-refractivity contribution is 0.331. The molecule has 2 unspecified atom stereocenters. The van der Waals surface area contributed by atoms with E-state index in [2.05, 4.69) is 45.2 Å². The molecule has 0 saturated carbocycles. The molecule has 114 valence electrons. The number of aromatic nitrogens is 2. The predicted molar refractivity (Wildman–Crippen MR) is 83.6 cm³/mol. The van der Waals surface area contributed by atoms with Crippen LogP contribution in [0.3, 0.4) is 0 Å². The zero-order chi connectivity index (χ0) is 15.4. The van der Waals surface area contributed by atoms with Gasteiger partial charge in [0.15, 0.2) is 0 Å². The number of rotatable bonds is 6. The number of hydrogen-bond donors (Lipinski definition) is 1. The highest BCUT2D eigenvalue weighted by atomic mass is 79.9. The van der Waals surface area contributed by atoms with E-state index in [0.717, 1.165) is 18.5 Å². The van der Waals surface area contributed by atoms with Crippen LogP contribution in [-0.4, -0.2) is 22.7 Å². The van der Waals surface area contributed by atoms with Gasteiger partial charge in [-0.25, -0.2) is 4.39 Å². The zero-order valence-electron chi connectivity index (χ0n) is 12.4. The minimum absolute atomic E-state index is 0.113. The van der Waals surface area contributed by atoms with E-state index in [4.69, 9.17) is 4.52 Å². The fourth-order valence-electron chi connectivity index (χ4n) is 1.94. The van der Waals surface area contributed by atoms with Crippen molar-refractivity contribution in [1.82, 2.24) is 15.5 Å². The van der Waals surface area contributed by atoms with Gasteiger partial charge in [0.2, 0.25) is 11.7 Å². The van der Waals surface area contributed by atoms with Crippen molar-refractivity contribution < 1.29 is 8.91 Å². The van der Waals surface area contributed by atoms with E-state index in [9.17, 15) is 4.39 Å². The molecule has 0 spiro atoms. The van der Waals surface area contributed by atoms with E-state index in [-0.39, 0.29) is 17.8 Å². The fourth-order valence-corrected chi connectivity index (χ4v) is 2.31. The molecule has 0 radical (unpaired) electrons. The van der Waals surface area contributed by atoms with Crippen LogP contribution in [0.25, 0.3) is 11.4 Å². The van der Waals surface area contributed by atoms with Gasteiger partial charge in [-0.2, -0.15) is 4.98 Å². The molecule has 0 aliphatic carbocycles. The second-order valence-corrected chi connectivity index (χ2v) is 5.97. The Bertz CT molecular complexity index is 602. The highest BCUT2D eigenvalue weighted by molar-refractivity contribution is 9.10. The first-order valence-electron chi connectivity index (χ1n) is 7.05. The summed E-state index contributed by atoms with van der Waals surface area (Å²) in [7, 11) is 0. The van der Waals surface area contributed by atoms with E-state index >= 15 is 0 Å². The van der Waals surface area contributed by atoms with Gasteiger partial charge in [0, 0.05) is 11.6 Å². The third kappa shape index (κ3) is 3.89. The minimum Gasteiger partial charge on any atom is -0.339 e. The van der Waals surface area contributed by atoms with Gasteiger partial charge in [0.25, 0.3) is 0 Å². The lowest BCUT2D eigenvalue weighted by Crippen LogP contribution is -2.31. The van der Waals surface area contributed by atoms with Crippen molar-refractivity contribution in [3.63, 3.8) is 0 Å². The molecule has 4 nitrogen and oxygen atoms in total. The maximum Gasteiger partial charge on any atom is 0.231 e. The number of nitrogens with zero attached hydrogens (tertiary/aromatic N) is 2. The minimum atomic E-state index is -0.312. The number of benzene rings is 1. The van der Waals surface area contributed by atoms with Gasteiger partial charge >= 0.3 is 0 Å². The number of hydrogen-bond acceptors (Lipinski definition) is 4. The topological polar surface area (TPSA) is 51.0 Å². The summed E-state index contributed by atoms with van der Waals surface area (Å²) >= 11 is 3.16. The highest BCUT2D eigenvalue weighted by Crippen LogP contribution is 2.25. The van der Waals surface area contributed by atoms with Crippen molar-refractivity contribution >= 4 is 15.9 Å². The first-order chi connectivity index (χ1) is 10.0. The van der Waals surface area contributed by atoms with Crippen LogP contribution in [0.1, 0.15) is 39.0 Å². The number of halogens is 2. The molecule has 0 bridgehead atoms. The third-order valence-electron chi connectivity index (χ3n) is 3.48. The summed E-state index contributed by atoms with van der Waals surface area (Å²) in [5.41, 5.74) is 0.722. The standard InChI is InChI=1S/C15H19BrFN3O/c1-4-7-18-10(3)9(2)15-19-14(20-21-15)11-5-6-13(17)12(16)8-11/h5-6,8-10,18H,4,7H2,1-3H3. The van der Waals surface area contributed by atoms with E-state index in [1.807, 2.05) is 6.92 Å². The van der Waals surface area contributed by atoms with Crippen LogP contribution in [0.15, 0.2) is 27.2 Å². The van der Waals surface area contributed by atoms with Crippen molar-refractivity contribution in [3.05, 3.63) is 34.4 Å². The Kier molecular flexibility index (Phi) is 5.47. The molecule has 0 aliphatic rings. The smallest absolute Gasteiger partial charge is 0.231 e. The summed E-state index contributed by atoms with van der Waals surface area (Å²) in [6.45, 7) is 7.23. The Morgan fingerprint density at radius 3 is 2.81 bits per heavy atom. The summed E-state index contributed by atoms with van der Waals surface area (Å²) in [4.78, 5) is 4.42. The summed E-state index contributed by atoms with van der Waals surface area (Å²) in [5, 5.41) is 7.40. The maximum absolute atomic E-state index is 13.3. The maximum atomic E-state index is 13.3. The molecule has 2 atom stereocenters. The molecule has 1 aromatic carbocycles. The SMILES string of the molecule is CCCNC(C)C(C)c1nc(-c2ccc(F)c(Br)c2)no1. The van der Waals surface area contributed by atoms with Gasteiger partial charge in [0.05, 0.1) is 10.4 Å². The van der Waals surface area contributed by atoms with E-state index in [1.165, 1.54) is 6.07 Å². The van der Waals surface area contributed by atoms with Crippen molar-refractivity contribution in [1.29, 1.82) is 0 Å². The summed E-state index contributed by atoms with van der Waals surface area (Å²) < 4.78 is 19.0. The average Bonchev–Trinajstić information content (AvgIpc) is 2.96. The molecule has 6 heteroatoms. The molecule has 21 heavy (non-hydrogen) atoms. The van der Waals surface area contributed by atoms with Crippen molar-refractivity contribution in [3.8, 4) is 11.4 Å². The molecule has 1 N–H and O–H groups in total. The summed E-state index contributed by atoms with van der Waals surface area (Å²) in [5.74, 6) is 0.858. The summed E-state index contributed by atoms with van der Waals surface area (Å²) in [6, 6.07) is 4.91. The van der Waals surface area contributed by atoms with Crippen LogP contribution in [-0.2, 0) is 0 Å². The third-order valence-corrected chi connectivity index (χ3v) is 4.08. The molecular formula is C15H19BrFN3O. The molecule has 0 amide bonds. The normalized spacial score (nSPS) is 14.1. The van der Waals surface area contributed by atoms with Crippen molar-refractivity contribution in [2.45, 2.75) is 39.2 Å². The van der Waals surface area contributed by atoms with E-state index in [1.54, 1.807) is 12.1 Å². The Labute approximate surface area is 132 Å². The first kappa shape index (κ1) is 16.1. The van der Waals surface area contributed by atoms with Gasteiger partial charge in [-0.3, -0.25) is 0 Å². The Morgan fingerprint density at radius 2 is 2.14 bits per heavy atom. The zero-order valence-corrected chi connectivity index (χ0v) is 13.9. The van der Waals surface area contributed by atoms with Crippen LogP contribution < -0.4 is 5.32 Å². The van der Waals surface area contributed by atoms with E-state index in [0.29, 0.717) is 16.2 Å². The highest BCUT2D eigenvalue weighted by Gasteiger charge is 2.20. The fraction of sp³-hybridized carbons (Fsp3) is 0.467. The molecule has 1 aromatic heterocycles. The van der Waals surface area contributed by atoms with Crippen LogP contribution >= 0.6 is 15.9 Å². The van der Waals surface area contributed by atoms with Crippen molar-refractivity contribution in [2.75, 3.05) is 6.54 Å². The van der Waals surface area contributed by atoms with Crippen LogP contribution in [0, 0.1) is 5.82 Å². The second-order valence-electron chi connectivity index (χ2n) is 5.12. The lowest BCUT2D eigenvalue weighted by atomic mass is 10.0. The first-order valence-corrected chi connectivity index (χ1v) is 7.84. The van der Waals surface area contributed by atoms with Crippen LogP contribution in [0.2, 0.25) is 0 Å². The quantitative estimate of drug-likeness (QED) is 0.846. The molecule has 0 aliphatic heterocycles. The van der Waals surface area contributed by atoms with Gasteiger partial charge in [-0.05, 0) is 54.0 Å². The van der Waals surface area contributed by atoms with E-state index < -0.39 is 0 Å².